The lowest BCUT2D eigenvalue weighted by molar-refractivity contribution is -0.631. The Balaban J connectivity index is 1.73. The van der Waals surface area contributed by atoms with Crippen LogP contribution in [-0.4, -0.2) is 25.6 Å². The Morgan fingerprint density at radius 1 is 1.19 bits per heavy atom. The first-order valence-electron chi connectivity index (χ1n) is 7.81. The molecule has 0 unspecified atom stereocenters. The second kappa shape index (κ2) is 7.08. The van der Waals surface area contributed by atoms with E-state index in [1.54, 1.807) is 49.1 Å². The smallest absolute Gasteiger partial charge is 0.308 e. The number of carbonyl (C=O) groups is 1. The van der Waals surface area contributed by atoms with Gasteiger partial charge in [-0.05, 0) is 39.1 Å². The summed E-state index contributed by atoms with van der Waals surface area (Å²) in [6.07, 6.45) is 6.22. The van der Waals surface area contributed by atoms with Gasteiger partial charge in [-0.25, -0.2) is 4.79 Å². The molecule has 4 heterocycles. The molecule has 10 heteroatoms. The summed E-state index contributed by atoms with van der Waals surface area (Å²) in [6, 6.07) is 8.95. The number of nitrogens with zero attached hydrogens (tertiary/aromatic N) is 5. The van der Waals surface area contributed by atoms with E-state index in [9.17, 15) is 9.18 Å². The summed E-state index contributed by atoms with van der Waals surface area (Å²) in [4.78, 5) is 20.7. The monoisotopic (exact) mass is 428 g/mol. The van der Waals surface area contributed by atoms with Crippen LogP contribution in [0, 0.1) is 5.95 Å². The van der Waals surface area contributed by atoms with Crippen LogP contribution < -0.4 is 15.2 Å². The fourth-order valence-electron chi connectivity index (χ4n) is 2.46. The van der Waals surface area contributed by atoms with Gasteiger partial charge in [0.05, 0.1) is 18.5 Å². The van der Waals surface area contributed by atoms with E-state index >= 15 is 0 Å². The molecule has 0 aromatic carbocycles. The van der Waals surface area contributed by atoms with Crippen LogP contribution in [0.5, 0.6) is 0 Å². The number of carbonyl (C=O) groups excluding carboxylic acids is 1. The van der Waals surface area contributed by atoms with Crippen molar-refractivity contribution in [1.29, 1.82) is 0 Å². The molecule has 8 nitrogen and oxygen atoms in total. The number of anilines is 2. The molecule has 2 amide bonds. The van der Waals surface area contributed by atoms with Gasteiger partial charge in [0, 0.05) is 24.1 Å². The lowest BCUT2D eigenvalue weighted by atomic mass is 10.4. The quantitative estimate of drug-likeness (QED) is 0.387. The number of aromatic nitrogens is 5. The molecule has 2 N–H and O–H groups in total. The van der Waals surface area contributed by atoms with E-state index in [0.29, 0.717) is 27.4 Å². The lowest BCUT2D eigenvalue weighted by Gasteiger charge is -2.08. The minimum absolute atomic E-state index is 0.293. The van der Waals surface area contributed by atoms with Gasteiger partial charge in [-0.2, -0.15) is 18.6 Å². The largest absolute Gasteiger partial charge is 0.336 e. The second-order valence-corrected chi connectivity index (χ2v) is 6.29. The van der Waals surface area contributed by atoms with Crippen molar-refractivity contribution < 1.29 is 13.8 Å². The Morgan fingerprint density at radius 3 is 2.78 bits per heavy atom. The average molecular weight is 429 g/mol. The molecule has 27 heavy (non-hydrogen) atoms. The summed E-state index contributed by atoms with van der Waals surface area (Å²) in [5, 5.41) is 9.59. The molecule has 0 radical (unpaired) electrons. The molecule has 0 aliphatic heterocycles. The van der Waals surface area contributed by atoms with Crippen molar-refractivity contribution in [2.45, 2.75) is 0 Å². The molecule has 0 saturated heterocycles. The maximum atomic E-state index is 14.2. The van der Waals surface area contributed by atoms with Crippen molar-refractivity contribution in [2.75, 3.05) is 10.6 Å². The van der Waals surface area contributed by atoms with Gasteiger partial charge in [0.15, 0.2) is 0 Å². The van der Waals surface area contributed by atoms with Crippen LogP contribution in [0.1, 0.15) is 0 Å². The summed E-state index contributed by atoms with van der Waals surface area (Å²) in [7, 11) is 0. The lowest BCUT2D eigenvalue weighted by Crippen LogP contribution is -2.36. The maximum absolute atomic E-state index is 14.2. The number of amides is 2. The molecular formula is C17H12BrFN7O+. The van der Waals surface area contributed by atoms with E-state index in [0.717, 1.165) is 0 Å². The Kier molecular flexibility index (Phi) is 4.47. The Bertz CT molecular complexity index is 1130. The normalized spacial score (nSPS) is 10.7. The van der Waals surface area contributed by atoms with Crippen LogP contribution in [0.3, 0.4) is 0 Å². The van der Waals surface area contributed by atoms with E-state index < -0.39 is 12.0 Å². The van der Waals surface area contributed by atoms with Crippen LogP contribution in [0.15, 0.2) is 65.7 Å². The van der Waals surface area contributed by atoms with E-state index in [4.69, 9.17) is 0 Å². The second-order valence-electron chi connectivity index (χ2n) is 5.44. The molecule has 4 aromatic heterocycles. The van der Waals surface area contributed by atoms with Gasteiger partial charge >= 0.3 is 11.8 Å². The summed E-state index contributed by atoms with van der Waals surface area (Å²) in [5.74, 6) is 0.126. The topological polar surface area (TPSA) is 88.1 Å². The SMILES string of the molecule is O=C(Nc1ccncc1)Nc1cc(-[n+]2ccccc2F)nc2c(Br)cnn12. The van der Waals surface area contributed by atoms with Gasteiger partial charge in [0.2, 0.25) is 0 Å². The zero-order valence-electron chi connectivity index (χ0n) is 13.7. The highest BCUT2D eigenvalue weighted by atomic mass is 79.9. The third-order valence-corrected chi connectivity index (χ3v) is 4.21. The van der Waals surface area contributed by atoms with Crippen molar-refractivity contribution >= 4 is 39.1 Å². The number of urea groups is 1. The third-order valence-electron chi connectivity index (χ3n) is 3.65. The van der Waals surface area contributed by atoms with Crippen LogP contribution >= 0.6 is 15.9 Å². The molecule has 0 aliphatic carbocycles. The van der Waals surface area contributed by atoms with Crippen LogP contribution in [0.4, 0.5) is 20.7 Å². The third kappa shape index (κ3) is 3.47. The average Bonchev–Trinajstić information content (AvgIpc) is 3.04. The van der Waals surface area contributed by atoms with E-state index in [2.05, 4.69) is 41.6 Å². The zero-order chi connectivity index (χ0) is 18.8. The summed E-state index contributed by atoms with van der Waals surface area (Å²) < 4.78 is 17.5. The molecule has 0 saturated carbocycles. The van der Waals surface area contributed by atoms with Gasteiger partial charge in [-0.1, -0.05) is 6.07 Å². The molecule has 0 fully saturated rings. The first-order chi connectivity index (χ1) is 13.1. The van der Waals surface area contributed by atoms with Gasteiger partial charge in [0.25, 0.3) is 11.6 Å². The molecule has 134 valence electrons. The molecule has 4 aromatic rings. The van der Waals surface area contributed by atoms with Gasteiger partial charge in [0.1, 0.15) is 10.3 Å². The first-order valence-corrected chi connectivity index (χ1v) is 8.60. The maximum Gasteiger partial charge on any atom is 0.336 e. The van der Waals surface area contributed by atoms with Crippen molar-refractivity contribution in [1.82, 2.24) is 19.6 Å². The molecule has 0 bridgehead atoms. The number of nitrogens with one attached hydrogen (secondary N) is 2. The number of hydrogen-bond acceptors (Lipinski definition) is 4. The summed E-state index contributed by atoms with van der Waals surface area (Å²) in [5.41, 5.74) is 1.01. The minimum atomic E-state index is -0.489. The van der Waals surface area contributed by atoms with E-state index in [-0.39, 0.29) is 0 Å². The van der Waals surface area contributed by atoms with Crippen molar-refractivity contribution in [3.05, 3.63) is 71.6 Å². The highest BCUT2D eigenvalue weighted by Crippen LogP contribution is 2.21. The fourth-order valence-corrected chi connectivity index (χ4v) is 2.81. The zero-order valence-corrected chi connectivity index (χ0v) is 15.3. The van der Waals surface area contributed by atoms with Gasteiger partial charge in [-0.3, -0.25) is 10.3 Å². The van der Waals surface area contributed by atoms with Crippen molar-refractivity contribution in [3.63, 3.8) is 0 Å². The van der Waals surface area contributed by atoms with E-state index in [1.807, 2.05) is 0 Å². The Labute approximate surface area is 160 Å². The van der Waals surface area contributed by atoms with Gasteiger partial charge in [-0.15, -0.1) is 0 Å². The summed E-state index contributed by atoms with van der Waals surface area (Å²) >= 11 is 3.36. The number of fused-ring (bicyclic) bond motifs is 1. The highest BCUT2D eigenvalue weighted by Gasteiger charge is 2.21. The number of rotatable bonds is 3. The standard InChI is InChI=1S/C17H11BrFN7O/c18-12-10-21-26-15(24-17(27)22-11-4-6-20-7-5-11)9-14(23-16(12)26)25-8-2-1-3-13(25)19/h1-10H,(H-,20,21,22,23,24,27)/p+1. The van der Waals surface area contributed by atoms with Gasteiger partial charge < -0.3 is 5.32 Å². The molecule has 0 aliphatic rings. The Hall–Kier alpha value is -3.40. The molecular weight excluding hydrogens is 417 g/mol. The Morgan fingerprint density at radius 2 is 2.00 bits per heavy atom. The number of pyridine rings is 2. The van der Waals surface area contributed by atoms with Crippen molar-refractivity contribution in [2.24, 2.45) is 0 Å². The highest BCUT2D eigenvalue weighted by molar-refractivity contribution is 9.10. The molecule has 0 atom stereocenters. The summed E-state index contributed by atoms with van der Waals surface area (Å²) in [6.45, 7) is 0. The minimum Gasteiger partial charge on any atom is -0.308 e. The molecule has 0 spiro atoms. The number of hydrogen-bond donors (Lipinski definition) is 2. The fraction of sp³-hybridized carbons (Fsp3) is 0. The van der Waals surface area contributed by atoms with Crippen LogP contribution in [0.25, 0.3) is 11.5 Å². The predicted octanol–water partition coefficient (Wildman–Crippen LogP) is 2.95. The van der Waals surface area contributed by atoms with E-state index in [1.165, 1.54) is 21.2 Å². The van der Waals surface area contributed by atoms with Crippen molar-refractivity contribution in [3.8, 4) is 5.82 Å². The predicted molar refractivity (Wildman–Crippen MR) is 99.1 cm³/mol. The van der Waals surface area contributed by atoms with Crippen LogP contribution in [0.2, 0.25) is 0 Å². The first kappa shape index (κ1) is 17.0. The van der Waals surface area contributed by atoms with Crippen LogP contribution in [-0.2, 0) is 0 Å². The number of halogens is 2. The molecule has 4 rings (SSSR count).